The van der Waals surface area contributed by atoms with E-state index in [4.69, 9.17) is 4.74 Å². The quantitative estimate of drug-likeness (QED) is 0.345. The molecule has 0 radical (unpaired) electrons. The SMILES string of the molecule is CCCCc1cc2c(c(CCCC)c1C=CC(=O)OC)c1ccccc1n2C. The minimum Gasteiger partial charge on any atom is -0.466 e. The van der Waals surface area contributed by atoms with E-state index >= 15 is 0 Å². The van der Waals surface area contributed by atoms with Gasteiger partial charge < -0.3 is 9.30 Å². The molecule has 28 heavy (non-hydrogen) atoms. The van der Waals surface area contributed by atoms with Crippen LogP contribution in [0.15, 0.2) is 36.4 Å². The number of esters is 1. The highest BCUT2D eigenvalue weighted by Crippen LogP contribution is 2.36. The molecule has 148 valence electrons. The molecule has 0 atom stereocenters. The van der Waals surface area contributed by atoms with Crippen molar-refractivity contribution in [3.05, 3.63) is 53.1 Å². The summed E-state index contributed by atoms with van der Waals surface area (Å²) in [6.45, 7) is 4.45. The van der Waals surface area contributed by atoms with Gasteiger partial charge in [-0.3, -0.25) is 0 Å². The number of rotatable bonds is 8. The average molecular weight is 378 g/mol. The van der Waals surface area contributed by atoms with Gasteiger partial charge in [0.1, 0.15) is 0 Å². The molecule has 0 amide bonds. The van der Waals surface area contributed by atoms with Crippen LogP contribution in [0.4, 0.5) is 0 Å². The van der Waals surface area contributed by atoms with E-state index in [9.17, 15) is 4.79 Å². The molecule has 3 rings (SSSR count). The van der Waals surface area contributed by atoms with Gasteiger partial charge >= 0.3 is 5.97 Å². The summed E-state index contributed by atoms with van der Waals surface area (Å²) in [5.74, 6) is -0.305. The number of aryl methyl sites for hydroxylation is 3. The summed E-state index contributed by atoms with van der Waals surface area (Å²) >= 11 is 0. The lowest BCUT2D eigenvalue weighted by molar-refractivity contribution is -0.134. The van der Waals surface area contributed by atoms with Gasteiger partial charge in [0.05, 0.1) is 7.11 Å². The number of ether oxygens (including phenoxy) is 1. The van der Waals surface area contributed by atoms with Crippen LogP contribution in [0.5, 0.6) is 0 Å². The maximum atomic E-state index is 11.8. The molecule has 0 bridgehead atoms. The lowest BCUT2D eigenvalue weighted by atomic mass is 9.90. The zero-order chi connectivity index (χ0) is 20.1. The third-order valence-corrected chi connectivity index (χ3v) is 5.60. The van der Waals surface area contributed by atoms with Crippen molar-refractivity contribution in [1.82, 2.24) is 4.57 Å². The fourth-order valence-corrected chi connectivity index (χ4v) is 4.08. The summed E-state index contributed by atoms with van der Waals surface area (Å²) in [6.07, 6.45) is 10.1. The minimum atomic E-state index is -0.305. The molecule has 2 aromatic carbocycles. The van der Waals surface area contributed by atoms with Crippen LogP contribution in [-0.4, -0.2) is 17.6 Å². The maximum Gasteiger partial charge on any atom is 0.330 e. The summed E-state index contributed by atoms with van der Waals surface area (Å²) in [5.41, 5.74) is 6.43. The van der Waals surface area contributed by atoms with Crippen molar-refractivity contribution in [2.75, 3.05) is 7.11 Å². The van der Waals surface area contributed by atoms with Crippen molar-refractivity contribution < 1.29 is 9.53 Å². The van der Waals surface area contributed by atoms with Gasteiger partial charge in [0, 0.05) is 34.9 Å². The van der Waals surface area contributed by atoms with Crippen molar-refractivity contribution in [3.63, 3.8) is 0 Å². The van der Waals surface area contributed by atoms with E-state index in [1.54, 1.807) is 6.08 Å². The van der Waals surface area contributed by atoms with Gasteiger partial charge in [0.15, 0.2) is 0 Å². The first-order chi connectivity index (χ1) is 13.6. The molecular formula is C25H31NO2. The zero-order valence-electron chi connectivity index (χ0n) is 17.5. The number of carbonyl (C=O) groups is 1. The molecule has 0 spiro atoms. The summed E-state index contributed by atoms with van der Waals surface area (Å²) in [7, 11) is 3.58. The van der Waals surface area contributed by atoms with Crippen molar-refractivity contribution in [1.29, 1.82) is 0 Å². The Hall–Kier alpha value is -2.55. The number of hydrogen-bond donors (Lipinski definition) is 0. The van der Waals surface area contributed by atoms with Gasteiger partial charge in [-0.1, -0.05) is 44.9 Å². The maximum absolute atomic E-state index is 11.8. The van der Waals surface area contributed by atoms with Crippen molar-refractivity contribution >= 4 is 33.9 Å². The Labute approximate surface area is 168 Å². The third-order valence-electron chi connectivity index (χ3n) is 5.60. The number of hydrogen-bond acceptors (Lipinski definition) is 2. The molecule has 3 nitrogen and oxygen atoms in total. The topological polar surface area (TPSA) is 31.2 Å². The molecule has 0 saturated heterocycles. The van der Waals surface area contributed by atoms with Gasteiger partial charge in [-0.25, -0.2) is 4.79 Å². The van der Waals surface area contributed by atoms with Crippen molar-refractivity contribution in [2.45, 2.75) is 52.4 Å². The van der Waals surface area contributed by atoms with Gasteiger partial charge in [-0.15, -0.1) is 0 Å². The van der Waals surface area contributed by atoms with E-state index in [0.29, 0.717) is 0 Å². The molecule has 0 aliphatic carbocycles. The third kappa shape index (κ3) is 3.84. The van der Waals surface area contributed by atoms with E-state index < -0.39 is 0 Å². The van der Waals surface area contributed by atoms with Crippen LogP contribution in [0.3, 0.4) is 0 Å². The van der Waals surface area contributed by atoms with Crippen LogP contribution in [0.2, 0.25) is 0 Å². The van der Waals surface area contributed by atoms with Crippen LogP contribution in [0.1, 0.15) is 56.2 Å². The Bertz CT molecular complexity index is 1010. The van der Waals surface area contributed by atoms with E-state index in [0.717, 1.165) is 38.5 Å². The Morgan fingerprint density at radius 2 is 1.79 bits per heavy atom. The van der Waals surface area contributed by atoms with Crippen LogP contribution < -0.4 is 0 Å². The average Bonchev–Trinajstić information content (AvgIpc) is 3.01. The second-order valence-electron chi connectivity index (χ2n) is 7.46. The van der Waals surface area contributed by atoms with Crippen LogP contribution >= 0.6 is 0 Å². The first kappa shape index (κ1) is 20.2. The highest BCUT2D eigenvalue weighted by atomic mass is 16.5. The summed E-state index contributed by atoms with van der Waals surface area (Å²) < 4.78 is 7.15. The lowest BCUT2D eigenvalue weighted by Crippen LogP contribution is -2.01. The van der Waals surface area contributed by atoms with E-state index in [1.807, 2.05) is 6.08 Å². The predicted octanol–water partition coefficient (Wildman–Crippen LogP) is 6.20. The van der Waals surface area contributed by atoms with Crippen molar-refractivity contribution in [2.24, 2.45) is 7.05 Å². The smallest absolute Gasteiger partial charge is 0.330 e. The van der Waals surface area contributed by atoms with Crippen LogP contribution in [-0.2, 0) is 29.4 Å². The molecule has 0 aliphatic heterocycles. The van der Waals surface area contributed by atoms with E-state index in [1.165, 1.54) is 45.6 Å². The van der Waals surface area contributed by atoms with Gasteiger partial charge in [0.2, 0.25) is 0 Å². The Kier molecular flexibility index (Phi) is 6.56. The van der Waals surface area contributed by atoms with Gasteiger partial charge in [-0.2, -0.15) is 0 Å². The van der Waals surface area contributed by atoms with E-state index in [-0.39, 0.29) is 5.97 Å². The lowest BCUT2D eigenvalue weighted by Gasteiger charge is -2.15. The molecule has 1 aromatic heterocycles. The number of benzene rings is 2. The predicted molar refractivity (Wildman–Crippen MR) is 119 cm³/mol. The summed E-state index contributed by atoms with van der Waals surface area (Å²) in [5, 5.41) is 2.62. The standard InChI is InChI=1S/C25H31NO2/c1-5-7-11-18-17-23-25(21-13-9-10-14-22(21)26(23)3)20(12-8-6-2)19(18)15-16-24(27)28-4/h9-10,13-17H,5-8,11-12H2,1-4H3. The number of para-hydroxylation sites is 1. The summed E-state index contributed by atoms with van der Waals surface area (Å²) in [6, 6.07) is 10.9. The molecule has 3 heteroatoms. The van der Waals surface area contributed by atoms with Crippen molar-refractivity contribution in [3.8, 4) is 0 Å². The van der Waals surface area contributed by atoms with Gasteiger partial charge in [-0.05, 0) is 60.6 Å². The van der Waals surface area contributed by atoms with Crippen LogP contribution in [0, 0.1) is 0 Å². The zero-order valence-corrected chi connectivity index (χ0v) is 17.5. The highest BCUT2D eigenvalue weighted by Gasteiger charge is 2.17. The molecule has 1 heterocycles. The first-order valence-electron chi connectivity index (χ1n) is 10.4. The number of unbranched alkanes of at least 4 members (excludes halogenated alkanes) is 2. The second kappa shape index (κ2) is 9.09. The fourth-order valence-electron chi connectivity index (χ4n) is 4.08. The largest absolute Gasteiger partial charge is 0.466 e. The molecule has 0 fully saturated rings. The molecule has 0 aliphatic rings. The first-order valence-corrected chi connectivity index (χ1v) is 10.4. The van der Waals surface area contributed by atoms with Crippen LogP contribution in [0.25, 0.3) is 27.9 Å². The Morgan fingerprint density at radius 3 is 2.50 bits per heavy atom. The monoisotopic (exact) mass is 377 g/mol. The molecule has 0 N–H and O–H groups in total. The number of fused-ring (bicyclic) bond motifs is 3. The Morgan fingerprint density at radius 1 is 1.07 bits per heavy atom. The van der Waals surface area contributed by atoms with E-state index in [2.05, 4.69) is 55.8 Å². The molecular weight excluding hydrogens is 346 g/mol. The Balaban J connectivity index is 2.35. The summed E-state index contributed by atoms with van der Waals surface area (Å²) in [4.78, 5) is 11.8. The normalized spacial score (nSPS) is 11.7. The van der Waals surface area contributed by atoms with Gasteiger partial charge in [0.25, 0.3) is 0 Å². The number of carbonyl (C=O) groups excluding carboxylic acids is 1. The number of nitrogens with zero attached hydrogens (tertiary/aromatic N) is 1. The second-order valence-corrected chi connectivity index (χ2v) is 7.46. The number of aromatic nitrogens is 1. The molecule has 0 unspecified atom stereocenters. The number of methoxy groups -OCH3 is 1. The molecule has 3 aromatic rings. The fraction of sp³-hybridized carbons (Fsp3) is 0.400. The molecule has 0 saturated carbocycles. The highest BCUT2D eigenvalue weighted by molar-refractivity contribution is 6.11. The minimum absolute atomic E-state index is 0.305.